The van der Waals surface area contributed by atoms with Gasteiger partial charge in [-0.2, -0.15) is 0 Å². The van der Waals surface area contributed by atoms with E-state index in [-0.39, 0.29) is 17.0 Å². The van der Waals surface area contributed by atoms with Crippen molar-refractivity contribution in [1.82, 2.24) is 5.32 Å². The Kier molecular flexibility index (Phi) is 3.61. The van der Waals surface area contributed by atoms with Gasteiger partial charge in [-0.25, -0.2) is 0 Å². The Labute approximate surface area is 93.7 Å². The molecule has 0 spiro atoms. The van der Waals surface area contributed by atoms with Crippen molar-refractivity contribution in [1.29, 1.82) is 0 Å². The topological polar surface area (TPSA) is 38.3 Å². The first-order valence-corrected chi connectivity index (χ1v) is 8.58. The zero-order chi connectivity index (χ0) is 11.7. The van der Waals surface area contributed by atoms with Crippen LogP contribution >= 0.6 is 0 Å². The molecule has 0 unspecified atom stereocenters. The monoisotopic (exact) mass is 229 g/mol. The van der Waals surface area contributed by atoms with Gasteiger partial charge in [0.15, 0.2) is 8.32 Å². The lowest BCUT2D eigenvalue weighted by molar-refractivity contribution is -0.124. The molecule has 4 heteroatoms. The molecule has 0 saturated carbocycles. The molecule has 0 aromatic heterocycles. The van der Waals surface area contributed by atoms with Crippen LogP contribution in [-0.2, 0) is 9.22 Å². The van der Waals surface area contributed by atoms with E-state index in [0.29, 0.717) is 6.42 Å². The van der Waals surface area contributed by atoms with E-state index in [0.717, 1.165) is 13.0 Å². The first-order chi connectivity index (χ1) is 6.72. The molecular formula is C11H23NO2Si. The van der Waals surface area contributed by atoms with Gasteiger partial charge in [0.2, 0.25) is 5.91 Å². The Balaban J connectivity index is 2.57. The van der Waals surface area contributed by atoms with E-state index >= 15 is 0 Å². The summed E-state index contributed by atoms with van der Waals surface area (Å²) in [5, 5.41) is 3.06. The lowest BCUT2D eigenvalue weighted by Gasteiger charge is -2.40. The van der Waals surface area contributed by atoms with Crippen molar-refractivity contribution in [3.8, 4) is 0 Å². The highest BCUT2D eigenvalue weighted by Crippen LogP contribution is 2.38. The first kappa shape index (κ1) is 12.7. The van der Waals surface area contributed by atoms with Crippen LogP contribution in [0.4, 0.5) is 0 Å². The smallest absolute Gasteiger partial charge is 0.222 e. The van der Waals surface area contributed by atoms with Crippen molar-refractivity contribution in [3.63, 3.8) is 0 Å². The molecule has 0 aromatic rings. The molecule has 88 valence electrons. The maximum absolute atomic E-state index is 11.2. The summed E-state index contributed by atoms with van der Waals surface area (Å²) < 4.78 is 6.19. The number of amides is 1. The molecule has 1 aliphatic heterocycles. The fourth-order valence-corrected chi connectivity index (χ4v) is 2.84. The lowest BCUT2D eigenvalue weighted by Crippen LogP contribution is -2.47. The van der Waals surface area contributed by atoms with Gasteiger partial charge in [-0.05, 0) is 24.6 Å². The Bertz CT molecular complexity index is 245. The number of hydrogen-bond acceptors (Lipinski definition) is 2. The third-order valence-electron chi connectivity index (χ3n) is 3.47. The van der Waals surface area contributed by atoms with Crippen LogP contribution in [0.2, 0.25) is 18.1 Å². The summed E-state index contributed by atoms with van der Waals surface area (Å²) in [6.45, 7) is 11.9. The van der Waals surface area contributed by atoms with E-state index in [1.54, 1.807) is 0 Å². The van der Waals surface area contributed by atoms with E-state index < -0.39 is 8.32 Å². The lowest BCUT2D eigenvalue weighted by atomic mass is 10.1. The molecule has 1 amide bonds. The summed E-state index contributed by atoms with van der Waals surface area (Å²) in [5.41, 5.74) is 0. The molecule has 0 bridgehead atoms. The van der Waals surface area contributed by atoms with E-state index in [1.807, 2.05) is 0 Å². The van der Waals surface area contributed by atoms with Crippen LogP contribution in [0.5, 0.6) is 0 Å². The molecular weight excluding hydrogens is 206 g/mol. The van der Waals surface area contributed by atoms with Crippen LogP contribution in [0.15, 0.2) is 0 Å². The molecule has 1 rings (SSSR count). The molecule has 1 heterocycles. The van der Waals surface area contributed by atoms with Crippen LogP contribution in [0, 0.1) is 0 Å². The molecule has 0 aromatic carbocycles. The number of rotatable bonds is 2. The molecule has 1 saturated heterocycles. The van der Waals surface area contributed by atoms with Gasteiger partial charge in [0.25, 0.3) is 0 Å². The Morgan fingerprint density at radius 2 is 2.00 bits per heavy atom. The van der Waals surface area contributed by atoms with Crippen molar-refractivity contribution in [2.24, 2.45) is 0 Å². The number of nitrogens with one attached hydrogen (secondary N) is 1. The number of piperidine rings is 1. The summed E-state index contributed by atoms with van der Waals surface area (Å²) >= 11 is 0. The highest BCUT2D eigenvalue weighted by atomic mass is 28.4. The third kappa shape index (κ3) is 3.31. The van der Waals surface area contributed by atoms with Crippen molar-refractivity contribution in [2.45, 2.75) is 57.8 Å². The van der Waals surface area contributed by atoms with Gasteiger partial charge in [0.05, 0.1) is 12.5 Å². The molecule has 1 fully saturated rings. The highest BCUT2D eigenvalue weighted by molar-refractivity contribution is 6.74. The Morgan fingerprint density at radius 1 is 1.40 bits per heavy atom. The van der Waals surface area contributed by atoms with Gasteiger partial charge in [0.1, 0.15) is 0 Å². The van der Waals surface area contributed by atoms with Crippen molar-refractivity contribution >= 4 is 14.2 Å². The van der Waals surface area contributed by atoms with Gasteiger partial charge in [-0.1, -0.05) is 20.8 Å². The second kappa shape index (κ2) is 4.26. The van der Waals surface area contributed by atoms with E-state index in [1.165, 1.54) is 0 Å². The van der Waals surface area contributed by atoms with Crippen molar-refractivity contribution < 1.29 is 9.22 Å². The zero-order valence-corrected chi connectivity index (χ0v) is 11.5. The van der Waals surface area contributed by atoms with Gasteiger partial charge in [0, 0.05) is 6.54 Å². The molecule has 1 atom stereocenters. The van der Waals surface area contributed by atoms with Crippen LogP contribution in [0.25, 0.3) is 0 Å². The maximum Gasteiger partial charge on any atom is 0.222 e. The van der Waals surface area contributed by atoms with Gasteiger partial charge < -0.3 is 9.74 Å². The minimum absolute atomic E-state index is 0.130. The van der Waals surface area contributed by atoms with Crippen molar-refractivity contribution in [3.05, 3.63) is 0 Å². The van der Waals surface area contributed by atoms with E-state index in [9.17, 15) is 4.79 Å². The SMILES string of the molecule is CC(C)(C)[Si](C)(C)O[C@H]1CCNC(=O)C1. The summed E-state index contributed by atoms with van der Waals surface area (Å²) in [6.07, 6.45) is 1.63. The number of carbonyl (C=O) groups is 1. The Morgan fingerprint density at radius 3 is 2.47 bits per heavy atom. The number of carbonyl (C=O) groups excluding carboxylic acids is 1. The first-order valence-electron chi connectivity index (χ1n) is 5.67. The second-order valence-electron chi connectivity index (χ2n) is 5.84. The number of hydrogen-bond donors (Lipinski definition) is 1. The van der Waals surface area contributed by atoms with Gasteiger partial charge in [-0.3, -0.25) is 4.79 Å². The molecule has 0 aliphatic carbocycles. The highest BCUT2D eigenvalue weighted by Gasteiger charge is 2.39. The van der Waals surface area contributed by atoms with Gasteiger partial charge >= 0.3 is 0 Å². The summed E-state index contributed by atoms with van der Waals surface area (Å²) in [6, 6.07) is 0. The summed E-state index contributed by atoms with van der Waals surface area (Å²) in [7, 11) is -1.70. The zero-order valence-electron chi connectivity index (χ0n) is 10.5. The van der Waals surface area contributed by atoms with Crippen LogP contribution in [0.3, 0.4) is 0 Å². The molecule has 3 nitrogen and oxygen atoms in total. The largest absolute Gasteiger partial charge is 0.413 e. The predicted octanol–water partition coefficient (Wildman–Crippen LogP) is 2.29. The molecule has 1 N–H and O–H groups in total. The summed E-state index contributed by atoms with van der Waals surface area (Å²) in [4.78, 5) is 11.2. The maximum atomic E-state index is 11.2. The quantitative estimate of drug-likeness (QED) is 0.738. The van der Waals surface area contributed by atoms with Gasteiger partial charge in [-0.15, -0.1) is 0 Å². The Hall–Kier alpha value is -0.353. The summed E-state index contributed by atoms with van der Waals surface area (Å²) in [5.74, 6) is 0.130. The normalized spacial score (nSPS) is 23.8. The van der Waals surface area contributed by atoms with Crippen LogP contribution < -0.4 is 5.32 Å². The molecule has 0 radical (unpaired) electrons. The second-order valence-corrected chi connectivity index (χ2v) is 10.6. The van der Waals surface area contributed by atoms with Crippen LogP contribution in [0.1, 0.15) is 33.6 Å². The third-order valence-corrected chi connectivity index (χ3v) is 8.00. The van der Waals surface area contributed by atoms with E-state index in [4.69, 9.17) is 4.43 Å². The minimum Gasteiger partial charge on any atom is -0.413 e. The standard InChI is InChI=1S/C11H23NO2Si/c1-11(2,3)15(4,5)14-9-6-7-12-10(13)8-9/h9H,6-8H2,1-5H3,(H,12,13)/t9-/m0/s1. The fourth-order valence-electron chi connectivity index (χ4n) is 1.45. The fraction of sp³-hybridized carbons (Fsp3) is 0.909. The average Bonchev–Trinajstić information content (AvgIpc) is 2.00. The molecule has 1 aliphatic rings. The minimum atomic E-state index is -1.70. The molecule has 15 heavy (non-hydrogen) atoms. The van der Waals surface area contributed by atoms with Crippen LogP contribution in [-0.4, -0.2) is 26.9 Å². The van der Waals surface area contributed by atoms with Crippen molar-refractivity contribution in [2.75, 3.05) is 6.54 Å². The predicted molar refractivity (Wildman–Crippen MR) is 64.3 cm³/mol. The average molecular weight is 229 g/mol. The van der Waals surface area contributed by atoms with E-state index in [2.05, 4.69) is 39.2 Å².